The quantitative estimate of drug-likeness (QED) is 0.165. The monoisotopic (exact) mass is 478 g/mol. The van der Waals surface area contributed by atoms with Gasteiger partial charge < -0.3 is 19.3 Å². The van der Waals surface area contributed by atoms with Crippen LogP contribution in [0.25, 0.3) is 0 Å². The summed E-state index contributed by atoms with van der Waals surface area (Å²) in [5.41, 5.74) is 0. The second-order valence-electron chi connectivity index (χ2n) is 7.41. The molecular formula is C27H42O7. The number of carbonyl (C=O) groups excluding carboxylic acids is 2. The molecule has 1 fully saturated rings. The van der Waals surface area contributed by atoms with Crippen molar-refractivity contribution in [1.82, 2.24) is 0 Å². The molecule has 0 saturated heterocycles. The summed E-state index contributed by atoms with van der Waals surface area (Å²) < 4.78 is 16.0. The minimum atomic E-state index is -0.786. The number of esters is 2. The van der Waals surface area contributed by atoms with Gasteiger partial charge in [-0.3, -0.25) is 9.59 Å². The molecule has 0 aliphatic heterocycles. The predicted octanol–water partition coefficient (Wildman–Crippen LogP) is 6.20. The smallest absolute Gasteiger partial charge is 0.330 e. The van der Waals surface area contributed by atoms with Gasteiger partial charge in [-0.25, -0.2) is 4.79 Å². The summed E-state index contributed by atoms with van der Waals surface area (Å²) in [4.78, 5) is 34.2. The fourth-order valence-electron chi connectivity index (χ4n) is 3.36. The van der Waals surface area contributed by atoms with E-state index in [0.717, 1.165) is 31.8 Å². The zero-order valence-corrected chi connectivity index (χ0v) is 21.2. The fraction of sp³-hybridized carbons (Fsp3) is 0.593. The number of carboxylic acid groups (broad SMARTS) is 1. The van der Waals surface area contributed by atoms with Gasteiger partial charge in [-0.2, -0.15) is 0 Å². The second kappa shape index (κ2) is 19.6. The van der Waals surface area contributed by atoms with Gasteiger partial charge >= 0.3 is 17.9 Å². The van der Waals surface area contributed by atoms with E-state index in [4.69, 9.17) is 19.3 Å². The van der Waals surface area contributed by atoms with Crippen molar-refractivity contribution in [3.05, 3.63) is 36.9 Å². The number of carbonyl (C=O) groups is 3. The third-order valence-corrected chi connectivity index (χ3v) is 5.17. The number of carboxylic acids is 1. The molecule has 0 atom stereocenters. The Morgan fingerprint density at radius 1 is 0.853 bits per heavy atom. The molecule has 0 bridgehead atoms. The van der Waals surface area contributed by atoms with Gasteiger partial charge in [0.25, 0.3) is 0 Å². The highest BCUT2D eigenvalue weighted by molar-refractivity contribution is 5.81. The topological polar surface area (TPSA) is 99.1 Å². The first-order chi connectivity index (χ1) is 16.5. The number of benzene rings is 1. The van der Waals surface area contributed by atoms with Crippen molar-refractivity contribution in [3.63, 3.8) is 0 Å². The molecule has 1 saturated carbocycles. The highest BCUT2D eigenvalue weighted by Gasteiger charge is 2.30. The lowest BCUT2D eigenvalue weighted by Gasteiger charge is -2.24. The molecule has 34 heavy (non-hydrogen) atoms. The van der Waals surface area contributed by atoms with Gasteiger partial charge in [0.1, 0.15) is 11.5 Å². The summed E-state index contributed by atoms with van der Waals surface area (Å²) in [7, 11) is 0. The zero-order valence-electron chi connectivity index (χ0n) is 21.2. The molecule has 0 radical (unpaired) electrons. The first-order valence-electron chi connectivity index (χ1n) is 12.5. The summed E-state index contributed by atoms with van der Waals surface area (Å²) >= 11 is 0. The first kappa shape index (κ1) is 31.2. The molecule has 0 unspecified atom stereocenters. The van der Waals surface area contributed by atoms with Crippen LogP contribution in [0.15, 0.2) is 36.9 Å². The number of rotatable bonds is 12. The third-order valence-electron chi connectivity index (χ3n) is 5.17. The van der Waals surface area contributed by atoms with E-state index in [1.807, 2.05) is 27.7 Å². The van der Waals surface area contributed by atoms with Crippen LogP contribution >= 0.6 is 0 Å². The van der Waals surface area contributed by atoms with E-state index in [0.29, 0.717) is 50.4 Å². The van der Waals surface area contributed by atoms with E-state index in [-0.39, 0.29) is 17.8 Å². The largest absolute Gasteiger partial charge is 0.494 e. The Morgan fingerprint density at radius 2 is 1.35 bits per heavy atom. The van der Waals surface area contributed by atoms with E-state index in [9.17, 15) is 14.4 Å². The molecule has 0 aromatic heterocycles. The molecule has 0 spiro atoms. The van der Waals surface area contributed by atoms with Crippen LogP contribution in [-0.2, 0) is 19.1 Å². The minimum Gasteiger partial charge on any atom is -0.494 e. The van der Waals surface area contributed by atoms with Gasteiger partial charge in [0.05, 0.1) is 25.0 Å². The summed E-state index contributed by atoms with van der Waals surface area (Å²) in [5, 5.41) is 9.03. The number of hydrogen-bond acceptors (Lipinski definition) is 6. The van der Waals surface area contributed by atoms with Gasteiger partial charge in [0.15, 0.2) is 0 Å². The number of ether oxygens (including phenoxy) is 3. The molecule has 1 aliphatic rings. The Morgan fingerprint density at radius 3 is 1.88 bits per heavy atom. The first-order valence-corrected chi connectivity index (χ1v) is 12.5. The van der Waals surface area contributed by atoms with Crippen molar-refractivity contribution >= 4 is 17.9 Å². The van der Waals surface area contributed by atoms with Gasteiger partial charge in [-0.1, -0.05) is 34.3 Å². The molecule has 0 heterocycles. The number of unbranched alkanes of at least 4 members (excludes halogenated alkanes) is 3. The van der Waals surface area contributed by atoms with Crippen molar-refractivity contribution in [2.45, 2.75) is 79.1 Å². The lowest BCUT2D eigenvalue weighted by molar-refractivity contribution is -0.146. The van der Waals surface area contributed by atoms with Crippen molar-refractivity contribution in [3.8, 4) is 11.5 Å². The summed E-state index contributed by atoms with van der Waals surface area (Å²) in [5.74, 6) is -0.897. The highest BCUT2D eigenvalue weighted by Crippen LogP contribution is 2.30. The predicted molar refractivity (Wildman–Crippen MR) is 133 cm³/mol. The molecule has 1 aliphatic carbocycles. The normalized spacial score (nSPS) is 16.5. The third kappa shape index (κ3) is 13.0. The maximum atomic E-state index is 12.3. The maximum Gasteiger partial charge on any atom is 0.330 e. The van der Waals surface area contributed by atoms with Crippen LogP contribution in [0.4, 0.5) is 0 Å². The zero-order chi connectivity index (χ0) is 25.8. The molecule has 7 heteroatoms. The van der Waals surface area contributed by atoms with Crippen LogP contribution in [0.5, 0.6) is 11.5 Å². The fourth-order valence-corrected chi connectivity index (χ4v) is 3.36. The number of aliphatic carboxylic acids is 1. The van der Waals surface area contributed by atoms with Crippen LogP contribution < -0.4 is 9.47 Å². The number of hydrogen-bond donors (Lipinski definition) is 1. The van der Waals surface area contributed by atoms with E-state index in [2.05, 4.69) is 6.58 Å². The Hall–Kier alpha value is -2.83. The van der Waals surface area contributed by atoms with Crippen molar-refractivity contribution < 1.29 is 33.7 Å². The second-order valence-corrected chi connectivity index (χ2v) is 7.41. The standard InChI is InChI=1S/C23H30O7.2C2H6/c1-2-21(24)29-16-6-4-3-5-15-28-19-11-13-20(14-12-19)30-23(27)18-9-7-17(8-10-18)22(25)26;2*1-2/h2,11-14,17-18H,1,3-10,15-16H2,(H,25,26);2*1-2H3. The van der Waals surface area contributed by atoms with E-state index >= 15 is 0 Å². The van der Waals surface area contributed by atoms with E-state index in [1.165, 1.54) is 0 Å². The van der Waals surface area contributed by atoms with Crippen molar-refractivity contribution in [2.75, 3.05) is 13.2 Å². The molecule has 0 amide bonds. The molecule has 7 nitrogen and oxygen atoms in total. The molecule has 2 rings (SSSR count). The van der Waals surface area contributed by atoms with Crippen LogP contribution in [-0.4, -0.2) is 36.2 Å². The average molecular weight is 479 g/mol. The molecule has 1 N–H and O–H groups in total. The van der Waals surface area contributed by atoms with E-state index in [1.54, 1.807) is 24.3 Å². The molecule has 1 aromatic carbocycles. The molecule has 1 aromatic rings. The van der Waals surface area contributed by atoms with Gasteiger partial charge in [0, 0.05) is 6.08 Å². The maximum absolute atomic E-state index is 12.3. The minimum absolute atomic E-state index is 0.239. The summed E-state index contributed by atoms with van der Waals surface area (Å²) in [6.07, 6.45) is 6.93. The van der Waals surface area contributed by atoms with Crippen LogP contribution in [0.2, 0.25) is 0 Å². The van der Waals surface area contributed by atoms with Crippen molar-refractivity contribution in [1.29, 1.82) is 0 Å². The van der Waals surface area contributed by atoms with Crippen LogP contribution in [0.3, 0.4) is 0 Å². The Kier molecular flexibility index (Phi) is 18.0. The van der Waals surface area contributed by atoms with Crippen LogP contribution in [0.1, 0.15) is 79.1 Å². The van der Waals surface area contributed by atoms with Crippen molar-refractivity contribution in [2.24, 2.45) is 11.8 Å². The average Bonchev–Trinajstić information content (AvgIpc) is 2.88. The highest BCUT2D eigenvalue weighted by atomic mass is 16.5. The summed E-state index contributed by atoms with van der Waals surface area (Å²) in [6.45, 7) is 12.3. The lowest BCUT2D eigenvalue weighted by Crippen LogP contribution is -2.28. The molecular weight excluding hydrogens is 436 g/mol. The van der Waals surface area contributed by atoms with Gasteiger partial charge in [0.2, 0.25) is 0 Å². The molecule has 192 valence electrons. The van der Waals surface area contributed by atoms with Crippen LogP contribution in [0, 0.1) is 11.8 Å². The van der Waals surface area contributed by atoms with Gasteiger partial charge in [-0.05, 0) is 75.6 Å². The Bertz CT molecular complexity index is 704. The lowest BCUT2D eigenvalue weighted by atomic mass is 9.82. The summed E-state index contributed by atoms with van der Waals surface area (Å²) in [6, 6.07) is 6.92. The van der Waals surface area contributed by atoms with E-state index < -0.39 is 11.9 Å². The van der Waals surface area contributed by atoms with Gasteiger partial charge in [-0.15, -0.1) is 0 Å². The SMILES string of the molecule is C=CC(=O)OCCCCCCOc1ccc(OC(=O)C2CCC(C(=O)O)CC2)cc1.CC.CC. The Balaban J connectivity index is 0.00000258. The Labute approximate surface area is 204 Å².